The average Bonchev–Trinajstić information content (AvgIpc) is 2.72. The van der Waals surface area contributed by atoms with E-state index in [0.29, 0.717) is 49.0 Å². The van der Waals surface area contributed by atoms with Gasteiger partial charge in [0.05, 0.1) is 17.6 Å². The third-order valence-electron chi connectivity index (χ3n) is 5.18. The Bertz CT molecular complexity index is 993. The van der Waals surface area contributed by atoms with Gasteiger partial charge in [-0.2, -0.15) is 0 Å². The zero-order valence-electron chi connectivity index (χ0n) is 17.0. The van der Waals surface area contributed by atoms with Crippen LogP contribution in [0.25, 0.3) is 0 Å². The minimum absolute atomic E-state index is 0.258. The molecular formula is C21H25ClFN3O3S. The summed E-state index contributed by atoms with van der Waals surface area (Å²) in [5, 5.41) is 0.482. The van der Waals surface area contributed by atoms with Crippen LogP contribution in [-0.2, 0) is 14.8 Å². The van der Waals surface area contributed by atoms with Crippen LogP contribution >= 0.6 is 11.6 Å². The Morgan fingerprint density at radius 3 is 2.23 bits per heavy atom. The van der Waals surface area contributed by atoms with Gasteiger partial charge < -0.3 is 9.80 Å². The van der Waals surface area contributed by atoms with Crippen molar-refractivity contribution < 1.29 is 17.6 Å². The molecule has 0 saturated carbocycles. The number of hydrogen-bond acceptors (Lipinski definition) is 4. The molecule has 1 atom stereocenters. The zero-order chi connectivity index (χ0) is 21.9. The number of para-hydroxylation sites is 1. The first kappa shape index (κ1) is 22.4. The van der Waals surface area contributed by atoms with E-state index in [4.69, 9.17) is 11.6 Å². The fraction of sp³-hybridized carbons (Fsp3) is 0.381. The van der Waals surface area contributed by atoms with Crippen LogP contribution in [0, 0.1) is 5.82 Å². The van der Waals surface area contributed by atoms with Crippen molar-refractivity contribution in [2.24, 2.45) is 0 Å². The summed E-state index contributed by atoms with van der Waals surface area (Å²) in [5.41, 5.74) is 0.905. The van der Waals surface area contributed by atoms with Crippen molar-refractivity contribution in [3.63, 3.8) is 0 Å². The van der Waals surface area contributed by atoms with Gasteiger partial charge in [-0.1, -0.05) is 30.7 Å². The van der Waals surface area contributed by atoms with E-state index < -0.39 is 16.1 Å². The Kier molecular flexibility index (Phi) is 6.88. The third-order valence-corrected chi connectivity index (χ3v) is 6.61. The molecule has 3 rings (SSSR count). The van der Waals surface area contributed by atoms with E-state index in [9.17, 15) is 17.6 Å². The maximum Gasteiger partial charge on any atom is 0.246 e. The number of hydrogen-bond donors (Lipinski definition) is 0. The van der Waals surface area contributed by atoms with Crippen molar-refractivity contribution in [1.29, 1.82) is 0 Å². The fourth-order valence-corrected chi connectivity index (χ4v) is 5.05. The molecule has 6 nitrogen and oxygen atoms in total. The molecule has 2 aromatic rings. The second kappa shape index (κ2) is 9.22. The standard InChI is InChI=1S/C21H25ClFN3O3S/c1-3-19(26(30(2,28)29)17-10-8-16(22)9-11-17)21(27)25-14-12-24(13-15-25)20-7-5-4-6-18(20)23/h4-11,19H,3,12-15H2,1-2H3/t19-/m1/s1. The van der Waals surface area contributed by atoms with Crippen LogP contribution in [0.5, 0.6) is 0 Å². The molecule has 9 heteroatoms. The maximum absolute atomic E-state index is 14.1. The average molecular weight is 454 g/mol. The molecule has 0 bridgehead atoms. The van der Waals surface area contributed by atoms with Gasteiger partial charge in [-0.3, -0.25) is 9.10 Å². The highest BCUT2D eigenvalue weighted by atomic mass is 35.5. The van der Waals surface area contributed by atoms with Gasteiger partial charge in [0.15, 0.2) is 0 Å². The predicted molar refractivity (Wildman–Crippen MR) is 118 cm³/mol. The van der Waals surface area contributed by atoms with Gasteiger partial charge in [0.25, 0.3) is 0 Å². The number of carbonyl (C=O) groups is 1. The number of piperazine rings is 1. The molecular weight excluding hydrogens is 429 g/mol. The number of nitrogens with zero attached hydrogens (tertiary/aromatic N) is 3. The first-order valence-corrected chi connectivity index (χ1v) is 12.0. The van der Waals surface area contributed by atoms with Crippen LogP contribution in [0.2, 0.25) is 5.02 Å². The van der Waals surface area contributed by atoms with E-state index in [1.165, 1.54) is 6.07 Å². The lowest BCUT2D eigenvalue weighted by molar-refractivity contribution is -0.132. The number of carbonyl (C=O) groups excluding carboxylic acids is 1. The van der Waals surface area contributed by atoms with E-state index in [1.807, 2.05) is 4.90 Å². The summed E-state index contributed by atoms with van der Waals surface area (Å²) in [6, 6.07) is 12.1. The third kappa shape index (κ3) is 4.87. The number of rotatable bonds is 6. The lowest BCUT2D eigenvalue weighted by atomic mass is 10.1. The second-order valence-electron chi connectivity index (χ2n) is 7.22. The molecule has 1 amide bonds. The smallest absolute Gasteiger partial charge is 0.246 e. The zero-order valence-corrected chi connectivity index (χ0v) is 18.5. The van der Waals surface area contributed by atoms with E-state index in [0.717, 1.165) is 10.6 Å². The highest BCUT2D eigenvalue weighted by molar-refractivity contribution is 7.92. The van der Waals surface area contributed by atoms with E-state index in [1.54, 1.807) is 54.3 Å². The second-order valence-corrected chi connectivity index (χ2v) is 9.52. The number of benzene rings is 2. The Balaban J connectivity index is 1.78. The summed E-state index contributed by atoms with van der Waals surface area (Å²) in [6.07, 6.45) is 1.41. The monoisotopic (exact) mass is 453 g/mol. The molecule has 30 heavy (non-hydrogen) atoms. The van der Waals surface area contributed by atoms with Gasteiger partial charge in [0.2, 0.25) is 15.9 Å². The van der Waals surface area contributed by atoms with Crippen LogP contribution in [0.15, 0.2) is 48.5 Å². The SMILES string of the molecule is CC[C@H](C(=O)N1CCN(c2ccccc2F)CC1)N(c1ccc(Cl)cc1)S(C)(=O)=O. The van der Waals surface area contributed by atoms with Gasteiger partial charge in [0, 0.05) is 31.2 Å². The van der Waals surface area contributed by atoms with E-state index >= 15 is 0 Å². The Labute approximate surface area is 181 Å². The van der Waals surface area contributed by atoms with Crippen molar-refractivity contribution >= 4 is 38.9 Å². The molecule has 0 N–H and O–H groups in total. The van der Waals surface area contributed by atoms with Crippen molar-refractivity contribution in [1.82, 2.24) is 4.90 Å². The van der Waals surface area contributed by atoms with Crippen LogP contribution in [0.3, 0.4) is 0 Å². The molecule has 0 unspecified atom stereocenters. The van der Waals surface area contributed by atoms with Gasteiger partial charge >= 0.3 is 0 Å². The molecule has 1 aliphatic rings. The molecule has 0 radical (unpaired) electrons. The Hall–Kier alpha value is -2.32. The minimum atomic E-state index is -3.70. The summed E-state index contributed by atoms with van der Waals surface area (Å²) >= 11 is 5.93. The summed E-state index contributed by atoms with van der Waals surface area (Å²) in [6.45, 7) is 3.52. The lowest BCUT2D eigenvalue weighted by Gasteiger charge is -2.39. The van der Waals surface area contributed by atoms with E-state index in [-0.39, 0.29) is 11.7 Å². The molecule has 1 saturated heterocycles. The largest absolute Gasteiger partial charge is 0.366 e. The molecule has 0 aliphatic carbocycles. The molecule has 2 aromatic carbocycles. The summed E-state index contributed by atoms with van der Waals surface area (Å²) in [4.78, 5) is 16.8. The van der Waals surface area contributed by atoms with Crippen molar-refractivity contribution in [2.75, 3.05) is 41.6 Å². The first-order valence-electron chi connectivity index (χ1n) is 9.75. The molecule has 162 valence electrons. The lowest BCUT2D eigenvalue weighted by Crippen LogP contribution is -2.56. The van der Waals surface area contributed by atoms with Gasteiger partial charge in [0.1, 0.15) is 11.9 Å². The number of sulfonamides is 1. The molecule has 0 spiro atoms. The topological polar surface area (TPSA) is 60.9 Å². The van der Waals surface area contributed by atoms with Gasteiger partial charge in [-0.05, 0) is 42.8 Å². The molecule has 1 heterocycles. The quantitative estimate of drug-likeness (QED) is 0.672. The van der Waals surface area contributed by atoms with Crippen LogP contribution < -0.4 is 9.21 Å². The maximum atomic E-state index is 14.1. The van der Waals surface area contributed by atoms with Crippen LogP contribution in [-0.4, -0.2) is 57.7 Å². The summed E-state index contributed by atoms with van der Waals surface area (Å²) < 4.78 is 40.3. The minimum Gasteiger partial charge on any atom is -0.366 e. The summed E-state index contributed by atoms with van der Waals surface area (Å²) in [5.74, 6) is -0.555. The number of anilines is 2. The van der Waals surface area contributed by atoms with Gasteiger partial charge in [-0.25, -0.2) is 12.8 Å². The van der Waals surface area contributed by atoms with Crippen molar-refractivity contribution in [3.8, 4) is 0 Å². The molecule has 0 aromatic heterocycles. The highest BCUT2D eigenvalue weighted by Gasteiger charge is 2.35. The first-order chi connectivity index (χ1) is 14.2. The van der Waals surface area contributed by atoms with Crippen LogP contribution in [0.1, 0.15) is 13.3 Å². The van der Waals surface area contributed by atoms with Crippen molar-refractivity contribution in [2.45, 2.75) is 19.4 Å². The summed E-state index contributed by atoms with van der Waals surface area (Å²) in [7, 11) is -3.70. The number of amides is 1. The van der Waals surface area contributed by atoms with E-state index in [2.05, 4.69) is 0 Å². The highest BCUT2D eigenvalue weighted by Crippen LogP contribution is 2.26. The Morgan fingerprint density at radius 1 is 1.10 bits per heavy atom. The normalized spacial score (nSPS) is 15.7. The molecule has 1 aliphatic heterocycles. The predicted octanol–water partition coefficient (Wildman–Crippen LogP) is 3.37. The van der Waals surface area contributed by atoms with Crippen LogP contribution in [0.4, 0.5) is 15.8 Å². The Morgan fingerprint density at radius 2 is 1.70 bits per heavy atom. The molecule has 1 fully saturated rings. The number of halogens is 2. The van der Waals surface area contributed by atoms with Crippen molar-refractivity contribution in [3.05, 3.63) is 59.4 Å². The van der Waals surface area contributed by atoms with Gasteiger partial charge in [-0.15, -0.1) is 0 Å². The fourth-order valence-electron chi connectivity index (χ4n) is 3.72.